The summed E-state index contributed by atoms with van der Waals surface area (Å²) in [7, 11) is 1.70. The van der Waals surface area contributed by atoms with Crippen LogP contribution in [0.15, 0.2) is 0 Å². The fourth-order valence-corrected chi connectivity index (χ4v) is 1.44. The van der Waals surface area contributed by atoms with Gasteiger partial charge in [-0.05, 0) is 20.3 Å². The Labute approximate surface area is 85.0 Å². The number of nitrogens with one attached hydrogen (secondary N) is 2. The number of rotatable bonds is 5. The minimum absolute atomic E-state index is 0.284. The van der Waals surface area contributed by atoms with Gasteiger partial charge in [0.15, 0.2) is 5.82 Å². The zero-order valence-electron chi connectivity index (χ0n) is 9.35. The summed E-state index contributed by atoms with van der Waals surface area (Å²) < 4.78 is 5.05. The highest BCUT2D eigenvalue weighted by Crippen LogP contribution is 2.16. The van der Waals surface area contributed by atoms with Gasteiger partial charge in [0.1, 0.15) is 0 Å². The maximum absolute atomic E-state index is 5.05. The third kappa shape index (κ3) is 2.48. The topological polar surface area (TPSA) is 49.9 Å². The van der Waals surface area contributed by atoms with Gasteiger partial charge in [0, 0.05) is 24.4 Å². The highest BCUT2D eigenvalue weighted by Gasteiger charge is 2.09. The van der Waals surface area contributed by atoms with Gasteiger partial charge in [-0.1, -0.05) is 6.92 Å². The van der Waals surface area contributed by atoms with E-state index in [0.717, 1.165) is 12.2 Å². The molecule has 4 nitrogen and oxygen atoms in total. The van der Waals surface area contributed by atoms with Crippen molar-refractivity contribution in [2.24, 2.45) is 0 Å². The molecule has 1 heterocycles. The molecule has 0 radical (unpaired) electrons. The first-order valence-corrected chi connectivity index (χ1v) is 4.98. The Morgan fingerprint density at radius 2 is 2.29 bits per heavy atom. The third-order valence-electron chi connectivity index (χ3n) is 2.26. The minimum atomic E-state index is 0.284. The number of aromatic amines is 1. The molecule has 0 bridgehead atoms. The first-order chi connectivity index (χ1) is 6.69. The molecular formula is C10H19N3O. The number of anilines is 1. The van der Waals surface area contributed by atoms with Crippen molar-refractivity contribution in [2.75, 3.05) is 19.0 Å². The molecule has 1 aromatic rings. The van der Waals surface area contributed by atoms with Crippen molar-refractivity contribution in [3.8, 4) is 0 Å². The van der Waals surface area contributed by atoms with Crippen LogP contribution in [0.1, 0.15) is 25.1 Å². The van der Waals surface area contributed by atoms with Crippen molar-refractivity contribution in [1.29, 1.82) is 0 Å². The smallest absolute Gasteiger partial charge is 0.151 e. The minimum Gasteiger partial charge on any atom is -0.383 e. The third-order valence-corrected chi connectivity index (χ3v) is 2.26. The van der Waals surface area contributed by atoms with Gasteiger partial charge in [-0.15, -0.1) is 0 Å². The predicted octanol–water partition coefficient (Wildman–Crippen LogP) is 1.73. The molecule has 0 spiro atoms. The van der Waals surface area contributed by atoms with Crippen LogP contribution in [0.3, 0.4) is 0 Å². The van der Waals surface area contributed by atoms with E-state index in [9.17, 15) is 0 Å². The highest BCUT2D eigenvalue weighted by molar-refractivity contribution is 5.46. The number of ether oxygens (including phenoxy) is 1. The lowest BCUT2D eigenvalue weighted by atomic mass is 10.2. The Balaban J connectivity index is 2.62. The average molecular weight is 197 g/mol. The number of H-pyrrole nitrogens is 1. The van der Waals surface area contributed by atoms with Crippen LogP contribution in [0.5, 0.6) is 0 Å². The second-order valence-electron chi connectivity index (χ2n) is 3.53. The van der Waals surface area contributed by atoms with E-state index in [4.69, 9.17) is 4.74 Å². The van der Waals surface area contributed by atoms with Gasteiger partial charge in [-0.2, -0.15) is 5.10 Å². The average Bonchev–Trinajstić information content (AvgIpc) is 2.48. The van der Waals surface area contributed by atoms with Crippen molar-refractivity contribution in [1.82, 2.24) is 10.2 Å². The van der Waals surface area contributed by atoms with Gasteiger partial charge >= 0.3 is 0 Å². The van der Waals surface area contributed by atoms with Gasteiger partial charge in [-0.3, -0.25) is 5.10 Å². The fraction of sp³-hybridized carbons (Fsp3) is 0.700. The molecule has 0 fully saturated rings. The van der Waals surface area contributed by atoms with Crippen LogP contribution in [0.25, 0.3) is 0 Å². The van der Waals surface area contributed by atoms with Crippen LogP contribution in [0, 0.1) is 6.92 Å². The Morgan fingerprint density at radius 3 is 2.79 bits per heavy atom. The summed E-state index contributed by atoms with van der Waals surface area (Å²) in [5.41, 5.74) is 2.40. The highest BCUT2D eigenvalue weighted by atomic mass is 16.5. The van der Waals surface area contributed by atoms with E-state index in [1.165, 1.54) is 11.3 Å². The summed E-state index contributed by atoms with van der Waals surface area (Å²) in [6.07, 6.45) is 0.985. The number of hydrogen-bond acceptors (Lipinski definition) is 3. The monoisotopic (exact) mass is 197 g/mol. The maximum Gasteiger partial charge on any atom is 0.151 e. The van der Waals surface area contributed by atoms with Crippen molar-refractivity contribution in [3.05, 3.63) is 11.3 Å². The Bertz CT molecular complexity index is 283. The molecule has 1 aromatic heterocycles. The normalized spacial score (nSPS) is 12.9. The van der Waals surface area contributed by atoms with E-state index in [1.54, 1.807) is 7.11 Å². The SMILES string of the molecule is CCc1[nH]nc(NC(C)COC)c1C. The van der Waals surface area contributed by atoms with Crippen molar-refractivity contribution >= 4 is 5.82 Å². The summed E-state index contributed by atoms with van der Waals surface area (Å²) in [5.74, 6) is 0.936. The molecule has 0 saturated heterocycles. The summed E-state index contributed by atoms with van der Waals surface area (Å²) in [5, 5.41) is 10.5. The predicted molar refractivity (Wildman–Crippen MR) is 57.7 cm³/mol. The first kappa shape index (κ1) is 11.0. The molecule has 2 N–H and O–H groups in total. The van der Waals surface area contributed by atoms with Crippen molar-refractivity contribution in [2.45, 2.75) is 33.2 Å². The maximum atomic E-state index is 5.05. The van der Waals surface area contributed by atoms with Gasteiger partial charge < -0.3 is 10.1 Å². The molecule has 0 saturated carbocycles. The molecular weight excluding hydrogens is 178 g/mol. The van der Waals surface area contributed by atoms with Crippen LogP contribution in [-0.2, 0) is 11.2 Å². The van der Waals surface area contributed by atoms with Crippen LogP contribution in [0.4, 0.5) is 5.82 Å². The Hall–Kier alpha value is -1.03. The second kappa shape index (κ2) is 5.00. The molecule has 0 amide bonds. The van der Waals surface area contributed by atoms with Crippen LogP contribution >= 0.6 is 0 Å². The van der Waals surface area contributed by atoms with Crippen LogP contribution < -0.4 is 5.32 Å². The molecule has 0 aliphatic rings. The Kier molecular flexibility index (Phi) is 3.95. The van der Waals surface area contributed by atoms with E-state index in [1.807, 2.05) is 0 Å². The standard InChI is InChI=1S/C10H19N3O/c1-5-9-8(3)10(13-12-9)11-7(2)6-14-4/h7H,5-6H2,1-4H3,(H2,11,12,13). The molecule has 1 unspecified atom stereocenters. The molecule has 14 heavy (non-hydrogen) atoms. The van der Waals surface area contributed by atoms with E-state index >= 15 is 0 Å². The number of aryl methyl sites for hydroxylation is 1. The van der Waals surface area contributed by atoms with Gasteiger partial charge in [0.2, 0.25) is 0 Å². The summed E-state index contributed by atoms with van der Waals surface area (Å²) in [4.78, 5) is 0. The van der Waals surface area contributed by atoms with Gasteiger partial charge in [0.05, 0.1) is 6.61 Å². The van der Waals surface area contributed by atoms with Crippen LogP contribution in [-0.4, -0.2) is 30.0 Å². The quantitative estimate of drug-likeness (QED) is 0.755. The molecule has 80 valence electrons. The van der Waals surface area contributed by atoms with Gasteiger partial charge in [0.25, 0.3) is 0 Å². The van der Waals surface area contributed by atoms with Gasteiger partial charge in [-0.25, -0.2) is 0 Å². The molecule has 0 aromatic carbocycles. The molecule has 4 heteroatoms. The lowest BCUT2D eigenvalue weighted by Crippen LogP contribution is -2.21. The Morgan fingerprint density at radius 1 is 1.57 bits per heavy atom. The zero-order chi connectivity index (χ0) is 10.6. The number of aromatic nitrogens is 2. The number of nitrogens with zero attached hydrogens (tertiary/aromatic N) is 1. The lowest BCUT2D eigenvalue weighted by molar-refractivity contribution is 0.190. The second-order valence-corrected chi connectivity index (χ2v) is 3.53. The molecule has 0 aliphatic carbocycles. The van der Waals surface area contributed by atoms with E-state index < -0.39 is 0 Å². The van der Waals surface area contributed by atoms with E-state index in [-0.39, 0.29) is 6.04 Å². The summed E-state index contributed by atoms with van der Waals surface area (Å²) in [6.45, 7) is 6.95. The fourth-order valence-electron chi connectivity index (χ4n) is 1.44. The zero-order valence-corrected chi connectivity index (χ0v) is 9.35. The van der Waals surface area contributed by atoms with Crippen LogP contribution in [0.2, 0.25) is 0 Å². The summed E-state index contributed by atoms with van der Waals surface area (Å²) >= 11 is 0. The first-order valence-electron chi connectivity index (χ1n) is 4.98. The molecule has 0 aliphatic heterocycles. The number of hydrogen-bond donors (Lipinski definition) is 2. The number of methoxy groups -OCH3 is 1. The van der Waals surface area contributed by atoms with E-state index in [0.29, 0.717) is 6.61 Å². The largest absolute Gasteiger partial charge is 0.383 e. The molecule has 1 rings (SSSR count). The van der Waals surface area contributed by atoms with Crippen molar-refractivity contribution in [3.63, 3.8) is 0 Å². The van der Waals surface area contributed by atoms with E-state index in [2.05, 4.69) is 36.3 Å². The lowest BCUT2D eigenvalue weighted by Gasteiger charge is -2.12. The van der Waals surface area contributed by atoms with Crippen molar-refractivity contribution < 1.29 is 4.74 Å². The molecule has 1 atom stereocenters. The summed E-state index contributed by atoms with van der Waals surface area (Å²) in [6, 6.07) is 0.284.